The molecule has 0 saturated carbocycles. The molecular weight excluding hydrogens is 247 g/mol. The summed E-state index contributed by atoms with van der Waals surface area (Å²) in [6, 6.07) is 3.41. The molecule has 0 atom stereocenters. The maximum Gasteiger partial charge on any atom is 0.160 e. The van der Waals surface area contributed by atoms with Crippen LogP contribution in [0.4, 0.5) is 5.69 Å². The predicted octanol–water partition coefficient (Wildman–Crippen LogP) is 3.15. The highest BCUT2D eigenvalue weighted by atomic mass is 35.5. The van der Waals surface area contributed by atoms with Crippen molar-refractivity contribution in [3.63, 3.8) is 0 Å². The van der Waals surface area contributed by atoms with Gasteiger partial charge >= 0.3 is 0 Å². The van der Waals surface area contributed by atoms with Crippen LogP contribution in [0, 0.1) is 0 Å². The van der Waals surface area contributed by atoms with Crippen molar-refractivity contribution in [1.82, 2.24) is 0 Å². The number of nitrogens with two attached hydrogens (primary N) is 1. The maximum absolute atomic E-state index is 6.03. The Kier molecular flexibility index (Phi) is 4.30. The fourth-order valence-electron chi connectivity index (χ4n) is 1.28. The van der Waals surface area contributed by atoms with E-state index >= 15 is 0 Å². The van der Waals surface area contributed by atoms with Gasteiger partial charge in [-0.05, 0) is 26.0 Å². The molecule has 0 aliphatic heterocycles. The lowest BCUT2D eigenvalue weighted by molar-refractivity contribution is 0.415. The first-order chi connectivity index (χ1) is 7.39. The summed E-state index contributed by atoms with van der Waals surface area (Å²) >= 11 is 12.0. The van der Waals surface area contributed by atoms with Gasteiger partial charge in [-0.15, -0.1) is 0 Å². The van der Waals surface area contributed by atoms with Crippen LogP contribution in [-0.2, 0) is 0 Å². The largest absolute Gasteiger partial charge is 0.493 e. The molecule has 1 aromatic carbocycles. The lowest BCUT2D eigenvalue weighted by atomic mass is 10.1. The molecule has 0 heterocycles. The summed E-state index contributed by atoms with van der Waals surface area (Å²) < 4.78 is 5.23. The van der Waals surface area contributed by atoms with E-state index in [1.807, 2.05) is 13.8 Å². The molecule has 0 spiro atoms. The number of hydrogen-bond acceptors (Lipinski definition) is 3. The van der Waals surface area contributed by atoms with Gasteiger partial charge in [0.25, 0.3) is 0 Å². The van der Waals surface area contributed by atoms with E-state index in [1.165, 1.54) is 0 Å². The highest BCUT2D eigenvalue weighted by Crippen LogP contribution is 2.37. The number of benzene rings is 1. The van der Waals surface area contributed by atoms with Gasteiger partial charge in [0.1, 0.15) is 0 Å². The van der Waals surface area contributed by atoms with Crippen molar-refractivity contribution in [3.05, 3.63) is 22.2 Å². The average Bonchev–Trinajstić information content (AvgIpc) is 2.16. The molecule has 0 aliphatic rings. The maximum atomic E-state index is 6.03. The standard InChI is InChI=1S/C11H16Cl2N2O/c1-11(2,6-14)15-9-5-7(12)4-8(13)10(9)16-3/h4-5,15H,6,14H2,1-3H3. The molecule has 0 radical (unpaired) electrons. The van der Waals surface area contributed by atoms with E-state index in [0.717, 1.165) is 5.69 Å². The van der Waals surface area contributed by atoms with Crippen LogP contribution in [0.25, 0.3) is 0 Å². The summed E-state index contributed by atoms with van der Waals surface area (Å²) in [4.78, 5) is 0. The van der Waals surface area contributed by atoms with Crippen molar-refractivity contribution in [2.75, 3.05) is 19.0 Å². The van der Waals surface area contributed by atoms with Gasteiger partial charge in [0.05, 0.1) is 17.8 Å². The average molecular weight is 263 g/mol. The Hall–Kier alpha value is -0.640. The molecule has 3 N–H and O–H groups in total. The monoisotopic (exact) mass is 262 g/mol. The van der Waals surface area contributed by atoms with Crippen LogP contribution in [-0.4, -0.2) is 19.2 Å². The quantitative estimate of drug-likeness (QED) is 0.877. The van der Waals surface area contributed by atoms with Gasteiger partial charge in [0.15, 0.2) is 5.75 Å². The van der Waals surface area contributed by atoms with Gasteiger partial charge < -0.3 is 15.8 Å². The van der Waals surface area contributed by atoms with E-state index in [-0.39, 0.29) is 5.54 Å². The number of methoxy groups -OCH3 is 1. The molecule has 0 unspecified atom stereocenters. The number of halogens is 2. The second-order valence-corrected chi connectivity index (χ2v) is 5.03. The third-order valence-electron chi connectivity index (χ3n) is 2.20. The molecule has 1 aromatic rings. The minimum absolute atomic E-state index is 0.249. The van der Waals surface area contributed by atoms with Crippen molar-refractivity contribution < 1.29 is 4.74 Å². The summed E-state index contributed by atoms with van der Waals surface area (Å²) in [5.74, 6) is 0.576. The van der Waals surface area contributed by atoms with Gasteiger partial charge in [-0.1, -0.05) is 23.2 Å². The molecule has 5 heteroatoms. The Labute approximate surface area is 106 Å². The lowest BCUT2D eigenvalue weighted by Crippen LogP contribution is -2.39. The van der Waals surface area contributed by atoms with Crippen LogP contribution < -0.4 is 15.8 Å². The van der Waals surface area contributed by atoms with E-state index in [4.69, 9.17) is 33.7 Å². The topological polar surface area (TPSA) is 47.3 Å². The van der Waals surface area contributed by atoms with Crippen LogP contribution in [0.1, 0.15) is 13.8 Å². The summed E-state index contributed by atoms with van der Waals surface area (Å²) in [5, 5.41) is 4.28. The molecule has 0 aromatic heterocycles. The van der Waals surface area contributed by atoms with Crippen LogP contribution in [0.15, 0.2) is 12.1 Å². The first-order valence-corrected chi connectivity index (χ1v) is 5.66. The fourth-order valence-corrected chi connectivity index (χ4v) is 1.85. The van der Waals surface area contributed by atoms with Gasteiger partial charge in [-0.3, -0.25) is 0 Å². The van der Waals surface area contributed by atoms with E-state index < -0.39 is 0 Å². The second-order valence-electron chi connectivity index (χ2n) is 4.18. The Morgan fingerprint density at radius 1 is 1.38 bits per heavy atom. The SMILES string of the molecule is COc1c(Cl)cc(Cl)cc1NC(C)(C)CN. The van der Waals surface area contributed by atoms with Crippen LogP contribution in [0.5, 0.6) is 5.75 Å². The third kappa shape index (κ3) is 3.17. The number of ether oxygens (including phenoxy) is 1. The van der Waals surface area contributed by atoms with Crippen molar-refractivity contribution in [3.8, 4) is 5.75 Å². The molecule has 16 heavy (non-hydrogen) atoms. The van der Waals surface area contributed by atoms with Crippen molar-refractivity contribution in [2.45, 2.75) is 19.4 Å². The van der Waals surface area contributed by atoms with Gasteiger partial charge in [0, 0.05) is 17.1 Å². The number of hydrogen-bond donors (Lipinski definition) is 2. The predicted molar refractivity (Wildman–Crippen MR) is 69.8 cm³/mol. The van der Waals surface area contributed by atoms with E-state index in [9.17, 15) is 0 Å². The first-order valence-electron chi connectivity index (χ1n) is 4.91. The molecule has 90 valence electrons. The molecule has 0 fully saturated rings. The summed E-state index contributed by atoms with van der Waals surface area (Å²) in [6.07, 6.45) is 0. The Balaban J connectivity index is 3.12. The van der Waals surface area contributed by atoms with Gasteiger partial charge in [0.2, 0.25) is 0 Å². The van der Waals surface area contributed by atoms with Crippen molar-refractivity contribution >= 4 is 28.9 Å². The molecule has 0 amide bonds. The summed E-state index contributed by atoms with van der Waals surface area (Å²) in [7, 11) is 1.57. The minimum Gasteiger partial charge on any atom is -0.493 e. The van der Waals surface area contributed by atoms with Gasteiger partial charge in [-0.25, -0.2) is 0 Å². The Morgan fingerprint density at radius 2 is 2.00 bits per heavy atom. The number of rotatable bonds is 4. The Morgan fingerprint density at radius 3 is 2.50 bits per heavy atom. The zero-order valence-electron chi connectivity index (χ0n) is 9.60. The third-order valence-corrected chi connectivity index (χ3v) is 2.69. The van der Waals surface area contributed by atoms with Crippen molar-refractivity contribution in [2.24, 2.45) is 5.73 Å². The molecule has 3 nitrogen and oxygen atoms in total. The molecule has 0 bridgehead atoms. The molecular formula is C11H16Cl2N2O. The minimum atomic E-state index is -0.249. The first kappa shape index (κ1) is 13.4. The highest BCUT2D eigenvalue weighted by Gasteiger charge is 2.18. The number of nitrogens with one attached hydrogen (secondary N) is 1. The molecule has 0 aliphatic carbocycles. The number of anilines is 1. The van der Waals surface area contributed by atoms with E-state index in [1.54, 1.807) is 19.2 Å². The van der Waals surface area contributed by atoms with E-state index in [2.05, 4.69) is 5.32 Å². The normalized spacial score (nSPS) is 11.4. The van der Waals surface area contributed by atoms with Crippen LogP contribution in [0.3, 0.4) is 0 Å². The Bertz CT molecular complexity index is 380. The smallest absolute Gasteiger partial charge is 0.160 e. The molecule has 0 saturated heterocycles. The van der Waals surface area contributed by atoms with Gasteiger partial charge in [-0.2, -0.15) is 0 Å². The fraction of sp³-hybridized carbons (Fsp3) is 0.455. The zero-order valence-corrected chi connectivity index (χ0v) is 11.1. The summed E-state index contributed by atoms with van der Waals surface area (Å²) in [6.45, 7) is 4.46. The van der Waals surface area contributed by atoms with E-state index in [0.29, 0.717) is 22.3 Å². The lowest BCUT2D eigenvalue weighted by Gasteiger charge is -2.27. The van der Waals surface area contributed by atoms with Crippen LogP contribution >= 0.6 is 23.2 Å². The van der Waals surface area contributed by atoms with Crippen molar-refractivity contribution in [1.29, 1.82) is 0 Å². The zero-order chi connectivity index (χ0) is 12.3. The summed E-state index contributed by atoms with van der Waals surface area (Å²) in [5.41, 5.74) is 6.15. The highest BCUT2D eigenvalue weighted by molar-refractivity contribution is 6.36. The molecule has 1 rings (SSSR count). The van der Waals surface area contributed by atoms with Crippen LogP contribution in [0.2, 0.25) is 10.0 Å². The second kappa shape index (κ2) is 5.13.